The molecule has 4 nitrogen and oxygen atoms in total. The van der Waals surface area contributed by atoms with Crippen molar-refractivity contribution >= 4 is 5.91 Å². The molecule has 0 bridgehead atoms. The third kappa shape index (κ3) is 3.76. The first-order chi connectivity index (χ1) is 7.54. The van der Waals surface area contributed by atoms with Gasteiger partial charge in [0, 0.05) is 26.7 Å². The Kier molecular flexibility index (Phi) is 5.22. The number of carbonyl (C=O) groups excluding carboxylic acids is 1. The van der Waals surface area contributed by atoms with Crippen LogP contribution in [0.25, 0.3) is 0 Å². The first-order valence-electron chi connectivity index (χ1n) is 6.01. The second kappa shape index (κ2) is 6.21. The molecule has 4 heteroatoms. The lowest BCUT2D eigenvalue weighted by Crippen LogP contribution is -2.44. The van der Waals surface area contributed by atoms with E-state index in [9.17, 15) is 4.79 Å². The van der Waals surface area contributed by atoms with Crippen LogP contribution < -0.4 is 0 Å². The Balaban J connectivity index is 2.34. The third-order valence-corrected chi connectivity index (χ3v) is 3.25. The number of hydrogen-bond acceptors (Lipinski definition) is 3. The van der Waals surface area contributed by atoms with E-state index in [2.05, 4.69) is 19.0 Å². The maximum Gasteiger partial charge on any atom is 0.251 e. The fourth-order valence-corrected chi connectivity index (χ4v) is 2.21. The maximum atomic E-state index is 11.8. The summed E-state index contributed by atoms with van der Waals surface area (Å²) in [5.74, 6) is 0.864. The molecule has 0 saturated carbocycles. The van der Waals surface area contributed by atoms with Gasteiger partial charge in [0.05, 0.1) is 0 Å². The Bertz CT molecular complexity index is 223. The Morgan fingerprint density at radius 3 is 2.44 bits per heavy atom. The van der Waals surface area contributed by atoms with E-state index < -0.39 is 0 Å². The number of amides is 1. The van der Waals surface area contributed by atoms with Gasteiger partial charge in [-0.25, -0.2) is 0 Å². The quantitative estimate of drug-likeness (QED) is 0.714. The fraction of sp³-hybridized carbons (Fsp3) is 0.917. The van der Waals surface area contributed by atoms with Gasteiger partial charge in [0.2, 0.25) is 0 Å². The van der Waals surface area contributed by atoms with Gasteiger partial charge in [0.15, 0.2) is 0 Å². The van der Waals surface area contributed by atoms with Crippen LogP contribution in [0.4, 0.5) is 0 Å². The van der Waals surface area contributed by atoms with E-state index in [1.165, 1.54) is 0 Å². The van der Waals surface area contributed by atoms with Crippen LogP contribution in [0.15, 0.2) is 0 Å². The van der Waals surface area contributed by atoms with Gasteiger partial charge in [-0.05, 0) is 39.8 Å². The van der Waals surface area contributed by atoms with Crippen LogP contribution in [0.5, 0.6) is 0 Å². The molecule has 1 heterocycles. The lowest BCUT2D eigenvalue weighted by atomic mass is 9.96. The van der Waals surface area contributed by atoms with E-state index in [-0.39, 0.29) is 12.0 Å². The number of piperidine rings is 1. The Morgan fingerprint density at radius 1 is 1.44 bits per heavy atom. The second-order valence-electron chi connectivity index (χ2n) is 4.91. The molecular formula is C12H24N2O2. The van der Waals surface area contributed by atoms with Gasteiger partial charge in [-0.15, -0.1) is 0 Å². The van der Waals surface area contributed by atoms with Gasteiger partial charge in [-0.2, -0.15) is 0 Å². The van der Waals surface area contributed by atoms with Gasteiger partial charge in [-0.1, -0.05) is 0 Å². The van der Waals surface area contributed by atoms with Crippen molar-refractivity contribution in [2.45, 2.75) is 25.9 Å². The average molecular weight is 228 g/mol. The summed E-state index contributed by atoms with van der Waals surface area (Å²) in [6.07, 6.45) is 1.92. The Hall–Kier alpha value is -0.610. The first-order valence-corrected chi connectivity index (χ1v) is 6.01. The average Bonchev–Trinajstić information content (AvgIpc) is 2.27. The van der Waals surface area contributed by atoms with E-state index in [0.717, 1.165) is 38.4 Å². The predicted molar refractivity (Wildman–Crippen MR) is 64.3 cm³/mol. The van der Waals surface area contributed by atoms with Gasteiger partial charge in [-0.3, -0.25) is 4.79 Å². The monoisotopic (exact) mass is 228 g/mol. The molecule has 1 atom stereocenters. The van der Waals surface area contributed by atoms with E-state index >= 15 is 0 Å². The number of methoxy groups -OCH3 is 1. The number of hydrogen-bond donors (Lipinski definition) is 0. The minimum absolute atomic E-state index is 0.130. The summed E-state index contributed by atoms with van der Waals surface area (Å²) < 4.78 is 5.06. The summed E-state index contributed by atoms with van der Waals surface area (Å²) in [5, 5.41) is 0. The molecule has 0 aromatic rings. The van der Waals surface area contributed by atoms with Crippen molar-refractivity contribution in [1.82, 2.24) is 9.80 Å². The molecule has 1 amide bonds. The maximum absolute atomic E-state index is 11.8. The lowest BCUT2D eigenvalue weighted by Gasteiger charge is -2.34. The third-order valence-electron chi connectivity index (χ3n) is 3.25. The van der Waals surface area contributed by atoms with E-state index in [0.29, 0.717) is 0 Å². The van der Waals surface area contributed by atoms with Crippen molar-refractivity contribution in [3.05, 3.63) is 0 Å². The standard InChI is InChI=1S/C12H24N2O2/c1-10(16-4)12(15)14-7-5-11(6-8-14)9-13(2)3/h10-11H,5-9H2,1-4H3. The van der Waals surface area contributed by atoms with E-state index in [1.807, 2.05) is 11.8 Å². The Labute approximate surface area is 98.5 Å². The number of carbonyl (C=O) groups is 1. The van der Waals surface area contributed by atoms with Crippen molar-refractivity contribution in [3.8, 4) is 0 Å². The smallest absolute Gasteiger partial charge is 0.251 e. The van der Waals surface area contributed by atoms with Crippen molar-refractivity contribution in [1.29, 1.82) is 0 Å². The number of nitrogens with zero attached hydrogens (tertiary/aromatic N) is 2. The summed E-state index contributed by atoms with van der Waals surface area (Å²) in [5.41, 5.74) is 0. The molecule has 1 unspecified atom stereocenters. The summed E-state index contributed by atoms with van der Waals surface area (Å²) >= 11 is 0. The molecule has 16 heavy (non-hydrogen) atoms. The molecule has 0 aliphatic carbocycles. The lowest BCUT2D eigenvalue weighted by molar-refractivity contribution is -0.142. The Morgan fingerprint density at radius 2 is 2.00 bits per heavy atom. The minimum atomic E-state index is -0.301. The van der Waals surface area contributed by atoms with Crippen LogP contribution in [0, 0.1) is 5.92 Å². The van der Waals surface area contributed by atoms with Gasteiger partial charge in [0.25, 0.3) is 5.91 Å². The first kappa shape index (κ1) is 13.5. The highest BCUT2D eigenvalue weighted by Crippen LogP contribution is 2.18. The zero-order valence-corrected chi connectivity index (χ0v) is 10.9. The highest BCUT2D eigenvalue weighted by atomic mass is 16.5. The zero-order valence-electron chi connectivity index (χ0n) is 10.9. The highest BCUT2D eigenvalue weighted by molar-refractivity contribution is 5.80. The molecule has 0 aromatic heterocycles. The van der Waals surface area contributed by atoms with Gasteiger partial charge in [0.1, 0.15) is 6.10 Å². The van der Waals surface area contributed by atoms with Crippen LogP contribution in [0.2, 0.25) is 0 Å². The summed E-state index contributed by atoms with van der Waals surface area (Å²) in [6, 6.07) is 0. The highest BCUT2D eigenvalue weighted by Gasteiger charge is 2.25. The molecule has 0 N–H and O–H groups in total. The number of ether oxygens (including phenoxy) is 1. The van der Waals surface area contributed by atoms with Crippen molar-refractivity contribution in [2.24, 2.45) is 5.92 Å². The van der Waals surface area contributed by atoms with Crippen molar-refractivity contribution in [3.63, 3.8) is 0 Å². The summed E-state index contributed by atoms with van der Waals surface area (Å²) in [7, 11) is 5.79. The van der Waals surface area contributed by atoms with Gasteiger partial charge >= 0.3 is 0 Å². The van der Waals surface area contributed by atoms with Crippen LogP contribution in [-0.4, -0.2) is 62.7 Å². The van der Waals surface area contributed by atoms with E-state index in [1.54, 1.807) is 7.11 Å². The molecule has 1 aliphatic rings. The van der Waals surface area contributed by atoms with Crippen LogP contribution in [-0.2, 0) is 9.53 Å². The van der Waals surface area contributed by atoms with Crippen LogP contribution in [0.1, 0.15) is 19.8 Å². The normalized spacial score (nSPS) is 20.2. The topological polar surface area (TPSA) is 32.8 Å². The van der Waals surface area contributed by atoms with Crippen molar-refractivity contribution in [2.75, 3.05) is 40.8 Å². The molecule has 1 fully saturated rings. The second-order valence-corrected chi connectivity index (χ2v) is 4.91. The van der Waals surface area contributed by atoms with Gasteiger partial charge < -0.3 is 14.5 Å². The summed E-state index contributed by atoms with van der Waals surface area (Å²) in [6.45, 7) is 4.70. The predicted octanol–water partition coefficient (Wildman–Crippen LogP) is 0.821. The zero-order chi connectivity index (χ0) is 12.1. The molecule has 0 aromatic carbocycles. The molecule has 94 valence electrons. The number of likely N-dealkylation sites (tertiary alicyclic amines) is 1. The number of rotatable bonds is 4. The molecule has 1 saturated heterocycles. The largest absolute Gasteiger partial charge is 0.372 e. The van der Waals surface area contributed by atoms with Crippen LogP contribution >= 0.6 is 0 Å². The van der Waals surface area contributed by atoms with Crippen LogP contribution in [0.3, 0.4) is 0 Å². The minimum Gasteiger partial charge on any atom is -0.372 e. The SMILES string of the molecule is COC(C)C(=O)N1CCC(CN(C)C)CC1. The molecule has 1 aliphatic heterocycles. The summed E-state index contributed by atoms with van der Waals surface area (Å²) in [4.78, 5) is 16.0. The molecule has 1 rings (SSSR count). The molecular weight excluding hydrogens is 204 g/mol. The molecule has 0 spiro atoms. The molecule has 0 radical (unpaired) electrons. The van der Waals surface area contributed by atoms with Crippen molar-refractivity contribution < 1.29 is 9.53 Å². The fourth-order valence-electron chi connectivity index (χ4n) is 2.21. The van der Waals surface area contributed by atoms with E-state index in [4.69, 9.17) is 4.74 Å².